The molecule has 1 unspecified atom stereocenters. The lowest BCUT2D eigenvalue weighted by Crippen LogP contribution is -2.48. The molecular formula is C14H15ClN2O3S. The summed E-state index contributed by atoms with van der Waals surface area (Å²) in [6.07, 6.45) is 1.36. The number of furan rings is 1. The fraction of sp³-hybridized carbons (Fsp3) is 0.286. The van der Waals surface area contributed by atoms with E-state index in [-0.39, 0.29) is 11.1 Å². The molecule has 112 valence electrons. The van der Waals surface area contributed by atoms with Gasteiger partial charge in [-0.3, -0.25) is 0 Å². The summed E-state index contributed by atoms with van der Waals surface area (Å²) in [5, 5.41) is 3.78. The number of nitrogens with one attached hydrogen (secondary N) is 1. The van der Waals surface area contributed by atoms with Crippen LogP contribution in [0.15, 0.2) is 52.2 Å². The van der Waals surface area contributed by atoms with Gasteiger partial charge in [-0.2, -0.15) is 4.31 Å². The molecule has 1 aliphatic heterocycles. The van der Waals surface area contributed by atoms with E-state index >= 15 is 0 Å². The van der Waals surface area contributed by atoms with Gasteiger partial charge in [0.2, 0.25) is 5.09 Å². The number of nitrogens with zero attached hydrogens (tertiary/aromatic N) is 1. The summed E-state index contributed by atoms with van der Waals surface area (Å²) in [4.78, 5) is 0. The number of piperazine rings is 1. The highest BCUT2D eigenvalue weighted by Crippen LogP contribution is 2.30. The van der Waals surface area contributed by atoms with Crippen LogP contribution in [0.5, 0.6) is 0 Å². The lowest BCUT2D eigenvalue weighted by molar-refractivity contribution is 0.264. The zero-order valence-corrected chi connectivity index (χ0v) is 12.8. The third kappa shape index (κ3) is 2.85. The van der Waals surface area contributed by atoms with Gasteiger partial charge in [0.1, 0.15) is 0 Å². The van der Waals surface area contributed by atoms with E-state index in [1.54, 1.807) is 18.2 Å². The molecule has 21 heavy (non-hydrogen) atoms. The van der Waals surface area contributed by atoms with Crippen molar-refractivity contribution >= 4 is 21.6 Å². The Morgan fingerprint density at radius 3 is 2.86 bits per heavy atom. The number of halogens is 1. The molecule has 0 spiro atoms. The largest absolute Gasteiger partial charge is 0.452 e. The zero-order chi connectivity index (χ0) is 14.9. The van der Waals surface area contributed by atoms with Crippen LogP contribution in [-0.2, 0) is 10.0 Å². The summed E-state index contributed by atoms with van der Waals surface area (Å²) < 4.78 is 31.9. The number of hydrogen-bond donors (Lipinski definition) is 1. The third-order valence-electron chi connectivity index (χ3n) is 3.49. The molecule has 1 atom stereocenters. The minimum Gasteiger partial charge on any atom is -0.452 e. The van der Waals surface area contributed by atoms with Gasteiger partial charge in [0.05, 0.1) is 12.3 Å². The molecule has 1 aromatic heterocycles. The van der Waals surface area contributed by atoms with Gasteiger partial charge < -0.3 is 9.73 Å². The SMILES string of the molecule is O=S(=O)(c1ccco1)N1CCNCC1c1cccc(Cl)c1. The molecule has 1 N–H and O–H groups in total. The molecule has 1 fully saturated rings. The molecule has 0 radical (unpaired) electrons. The van der Waals surface area contributed by atoms with Gasteiger partial charge in [-0.15, -0.1) is 0 Å². The fourth-order valence-electron chi connectivity index (χ4n) is 2.50. The second kappa shape index (κ2) is 5.81. The summed E-state index contributed by atoms with van der Waals surface area (Å²) in [6.45, 7) is 1.54. The van der Waals surface area contributed by atoms with Crippen LogP contribution in [0.25, 0.3) is 0 Å². The van der Waals surface area contributed by atoms with E-state index in [9.17, 15) is 8.42 Å². The molecule has 0 saturated carbocycles. The van der Waals surface area contributed by atoms with E-state index in [4.69, 9.17) is 16.0 Å². The summed E-state index contributed by atoms with van der Waals surface area (Å²) >= 11 is 6.02. The highest BCUT2D eigenvalue weighted by atomic mass is 35.5. The highest BCUT2D eigenvalue weighted by Gasteiger charge is 2.35. The topological polar surface area (TPSA) is 62.6 Å². The van der Waals surface area contributed by atoms with Crippen LogP contribution >= 0.6 is 11.6 Å². The molecular weight excluding hydrogens is 312 g/mol. The average Bonchev–Trinajstić information content (AvgIpc) is 3.02. The molecule has 1 aliphatic rings. The Bertz CT molecular complexity index is 716. The van der Waals surface area contributed by atoms with Crippen molar-refractivity contribution in [3.05, 3.63) is 53.2 Å². The van der Waals surface area contributed by atoms with E-state index in [0.29, 0.717) is 24.7 Å². The van der Waals surface area contributed by atoms with Crippen LogP contribution in [0.2, 0.25) is 5.02 Å². The second-order valence-corrected chi connectivity index (χ2v) is 7.08. The number of rotatable bonds is 3. The summed E-state index contributed by atoms with van der Waals surface area (Å²) in [5.41, 5.74) is 0.866. The minimum atomic E-state index is -3.65. The monoisotopic (exact) mass is 326 g/mol. The summed E-state index contributed by atoms with van der Waals surface area (Å²) in [5.74, 6) is 0. The van der Waals surface area contributed by atoms with Gasteiger partial charge in [0.25, 0.3) is 10.0 Å². The Balaban J connectivity index is 1.99. The maximum Gasteiger partial charge on any atom is 0.277 e. The third-order valence-corrected chi connectivity index (χ3v) is 5.52. The minimum absolute atomic E-state index is 0.0311. The molecule has 0 amide bonds. The Labute approximate surface area is 128 Å². The van der Waals surface area contributed by atoms with Crippen LogP contribution in [-0.4, -0.2) is 32.4 Å². The first-order valence-corrected chi connectivity index (χ1v) is 8.42. The molecule has 3 rings (SSSR count). The van der Waals surface area contributed by atoms with Crippen LogP contribution in [0.1, 0.15) is 11.6 Å². The molecule has 2 aromatic rings. The van der Waals surface area contributed by atoms with Crippen LogP contribution in [0, 0.1) is 0 Å². The van der Waals surface area contributed by atoms with Crippen LogP contribution < -0.4 is 5.32 Å². The predicted molar refractivity (Wildman–Crippen MR) is 79.7 cm³/mol. The summed E-state index contributed by atoms with van der Waals surface area (Å²) in [7, 11) is -3.65. The quantitative estimate of drug-likeness (QED) is 0.940. The molecule has 1 aromatic carbocycles. The first-order chi connectivity index (χ1) is 10.1. The van der Waals surface area contributed by atoms with Crippen molar-refractivity contribution in [3.63, 3.8) is 0 Å². The van der Waals surface area contributed by atoms with Crippen molar-refractivity contribution in [1.29, 1.82) is 0 Å². The van der Waals surface area contributed by atoms with Crippen molar-refractivity contribution in [1.82, 2.24) is 9.62 Å². The van der Waals surface area contributed by atoms with Crippen molar-refractivity contribution in [3.8, 4) is 0 Å². The highest BCUT2D eigenvalue weighted by molar-refractivity contribution is 7.89. The number of hydrogen-bond acceptors (Lipinski definition) is 4. The molecule has 1 saturated heterocycles. The maximum atomic E-state index is 12.7. The van der Waals surface area contributed by atoms with Gasteiger partial charge in [0, 0.05) is 24.7 Å². The van der Waals surface area contributed by atoms with Gasteiger partial charge in [-0.1, -0.05) is 23.7 Å². The Morgan fingerprint density at radius 2 is 2.14 bits per heavy atom. The smallest absolute Gasteiger partial charge is 0.277 e. The van der Waals surface area contributed by atoms with E-state index in [2.05, 4.69) is 5.32 Å². The normalized spacial score (nSPS) is 20.5. The van der Waals surface area contributed by atoms with Gasteiger partial charge >= 0.3 is 0 Å². The van der Waals surface area contributed by atoms with Crippen molar-refractivity contribution < 1.29 is 12.8 Å². The van der Waals surface area contributed by atoms with E-state index < -0.39 is 10.0 Å². The fourth-order valence-corrected chi connectivity index (χ4v) is 4.22. The Morgan fingerprint density at radius 1 is 1.29 bits per heavy atom. The first-order valence-electron chi connectivity index (χ1n) is 6.60. The van der Waals surface area contributed by atoms with Crippen molar-refractivity contribution in [2.75, 3.05) is 19.6 Å². The van der Waals surface area contributed by atoms with E-state index in [0.717, 1.165) is 5.56 Å². The molecule has 2 heterocycles. The van der Waals surface area contributed by atoms with Crippen molar-refractivity contribution in [2.45, 2.75) is 11.1 Å². The van der Waals surface area contributed by atoms with E-state index in [1.807, 2.05) is 12.1 Å². The van der Waals surface area contributed by atoms with Gasteiger partial charge in [-0.25, -0.2) is 8.42 Å². The van der Waals surface area contributed by atoms with E-state index in [1.165, 1.54) is 16.6 Å². The molecule has 7 heteroatoms. The maximum absolute atomic E-state index is 12.7. The molecule has 0 aliphatic carbocycles. The first kappa shape index (κ1) is 14.6. The van der Waals surface area contributed by atoms with Crippen LogP contribution in [0.4, 0.5) is 0 Å². The summed E-state index contributed by atoms with van der Waals surface area (Å²) in [6, 6.07) is 10.0. The average molecular weight is 327 g/mol. The lowest BCUT2D eigenvalue weighted by Gasteiger charge is -2.34. The lowest BCUT2D eigenvalue weighted by atomic mass is 10.1. The standard InChI is InChI=1S/C14H15ClN2O3S/c15-12-4-1-3-11(9-12)13-10-16-6-7-17(13)21(18,19)14-5-2-8-20-14/h1-5,8-9,13,16H,6-7,10H2. The molecule has 5 nitrogen and oxygen atoms in total. The van der Waals surface area contributed by atoms with Gasteiger partial charge in [-0.05, 0) is 29.8 Å². The number of sulfonamides is 1. The second-order valence-electron chi connectivity index (χ2n) is 4.82. The molecule has 0 bridgehead atoms. The van der Waals surface area contributed by atoms with Crippen LogP contribution in [0.3, 0.4) is 0 Å². The number of benzene rings is 1. The Kier molecular flexibility index (Phi) is 4.03. The zero-order valence-electron chi connectivity index (χ0n) is 11.2. The Hall–Kier alpha value is -1.34. The van der Waals surface area contributed by atoms with Gasteiger partial charge in [0.15, 0.2) is 0 Å². The predicted octanol–water partition coefficient (Wildman–Crippen LogP) is 2.27. The van der Waals surface area contributed by atoms with Crippen molar-refractivity contribution in [2.24, 2.45) is 0 Å².